The molecule has 0 aliphatic carbocycles. The number of hydrogen-bond donors (Lipinski definition) is 1. The van der Waals surface area contributed by atoms with Crippen LogP contribution in [0.15, 0.2) is 30.3 Å². The van der Waals surface area contributed by atoms with Crippen molar-refractivity contribution in [1.82, 2.24) is 4.90 Å². The number of ether oxygens (including phenoxy) is 1. The molecule has 2 aromatic carbocycles. The van der Waals surface area contributed by atoms with Gasteiger partial charge in [0.15, 0.2) is 6.23 Å². The third kappa shape index (κ3) is 2.96. The lowest BCUT2D eigenvalue weighted by molar-refractivity contribution is 0.0610. The van der Waals surface area contributed by atoms with Crippen molar-refractivity contribution in [3.05, 3.63) is 51.5 Å². The predicted octanol–water partition coefficient (Wildman–Crippen LogP) is 4.84. The number of halogens is 2. The summed E-state index contributed by atoms with van der Waals surface area (Å²) in [7, 11) is 1.50. The van der Waals surface area contributed by atoms with Crippen molar-refractivity contribution < 1.29 is 14.6 Å². The monoisotopic (exact) mass is 351 g/mol. The molecule has 23 heavy (non-hydrogen) atoms. The van der Waals surface area contributed by atoms with Crippen molar-refractivity contribution in [2.45, 2.75) is 19.6 Å². The number of likely N-dealkylation sites (N-methyl/N-ethyl adjacent to an activating group) is 1. The first-order valence-corrected chi connectivity index (χ1v) is 7.84. The van der Waals surface area contributed by atoms with Gasteiger partial charge in [-0.15, -0.1) is 0 Å². The second-order valence-electron chi connectivity index (χ2n) is 5.60. The molecule has 1 amide bonds. The van der Waals surface area contributed by atoms with Gasteiger partial charge in [0.05, 0.1) is 5.02 Å². The van der Waals surface area contributed by atoms with Gasteiger partial charge in [0.1, 0.15) is 5.75 Å². The zero-order valence-corrected chi connectivity index (χ0v) is 14.1. The summed E-state index contributed by atoms with van der Waals surface area (Å²) in [5.41, 5.74) is 3.70. The van der Waals surface area contributed by atoms with Crippen LogP contribution in [0, 0.1) is 6.92 Å². The van der Waals surface area contributed by atoms with Gasteiger partial charge < -0.3 is 9.84 Å². The summed E-state index contributed by atoms with van der Waals surface area (Å²) in [6.07, 6.45) is -1.04. The van der Waals surface area contributed by atoms with Gasteiger partial charge in [0.2, 0.25) is 0 Å². The molecule has 1 N–H and O–H groups in total. The van der Waals surface area contributed by atoms with Crippen LogP contribution in [0.25, 0.3) is 11.1 Å². The quantitative estimate of drug-likeness (QED) is 0.841. The minimum absolute atomic E-state index is 0.512. The molecule has 3 rings (SSSR count). The van der Waals surface area contributed by atoms with Crippen molar-refractivity contribution >= 4 is 29.3 Å². The Morgan fingerprint density at radius 3 is 2.65 bits per heavy atom. The topological polar surface area (TPSA) is 49.8 Å². The van der Waals surface area contributed by atoms with E-state index in [4.69, 9.17) is 33.0 Å². The summed E-state index contributed by atoms with van der Waals surface area (Å²) >= 11 is 12.3. The number of benzene rings is 2. The highest BCUT2D eigenvalue weighted by molar-refractivity contribution is 6.36. The molecule has 120 valence electrons. The van der Waals surface area contributed by atoms with E-state index < -0.39 is 12.3 Å². The summed E-state index contributed by atoms with van der Waals surface area (Å²) in [5, 5.41) is 10.2. The van der Waals surface area contributed by atoms with Crippen molar-refractivity contribution in [2.24, 2.45) is 0 Å². The summed E-state index contributed by atoms with van der Waals surface area (Å²) in [4.78, 5) is 12.3. The summed E-state index contributed by atoms with van der Waals surface area (Å²) in [6.45, 7) is 1.99. The zero-order valence-electron chi connectivity index (χ0n) is 12.6. The number of amides is 1. The summed E-state index contributed by atoms with van der Waals surface area (Å²) in [6, 6.07) is 9.29. The fourth-order valence-electron chi connectivity index (χ4n) is 2.75. The first kappa shape index (κ1) is 16.0. The fraction of sp³-hybridized carbons (Fsp3) is 0.235. The van der Waals surface area contributed by atoms with Gasteiger partial charge in [0.25, 0.3) is 0 Å². The van der Waals surface area contributed by atoms with Crippen molar-refractivity contribution in [2.75, 3.05) is 7.05 Å². The van der Waals surface area contributed by atoms with Gasteiger partial charge in [-0.05, 0) is 30.7 Å². The third-order valence-electron chi connectivity index (χ3n) is 3.91. The molecule has 6 heteroatoms. The number of fused-ring (bicyclic) bond motifs is 1. The van der Waals surface area contributed by atoms with Gasteiger partial charge in [-0.3, -0.25) is 4.90 Å². The minimum atomic E-state index is -1.02. The molecule has 1 heterocycles. The van der Waals surface area contributed by atoms with Crippen LogP contribution in [-0.4, -0.2) is 29.4 Å². The maximum Gasteiger partial charge on any atom is 0.409 e. The number of aryl methyl sites for hydroxylation is 1. The van der Waals surface area contributed by atoms with E-state index >= 15 is 0 Å². The second kappa shape index (κ2) is 5.95. The number of hydrogen-bond acceptors (Lipinski definition) is 2. The SMILES string of the molecule is Cc1cc2c(c(-c3ccc(Cl)cc3Cl)c1)OC(N(C)C(=O)O)C2. The Labute approximate surface area is 144 Å². The van der Waals surface area contributed by atoms with Gasteiger partial charge in [-0.2, -0.15) is 0 Å². The highest BCUT2D eigenvalue weighted by Crippen LogP contribution is 2.43. The van der Waals surface area contributed by atoms with Crippen LogP contribution in [0.2, 0.25) is 10.0 Å². The van der Waals surface area contributed by atoms with Crippen LogP contribution in [-0.2, 0) is 6.42 Å². The lowest BCUT2D eigenvalue weighted by atomic mass is 9.98. The van der Waals surface area contributed by atoms with Gasteiger partial charge in [-0.1, -0.05) is 35.3 Å². The molecule has 0 radical (unpaired) electrons. The maximum atomic E-state index is 11.2. The molecule has 0 saturated carbocycles. The molecular weight excluding hydrogens is 337 g/mol. The largest absolute Gasteiger partial charge is 0.469 e. The fourth-order valence-corrected chi connectivity index (χ4v) is 3.26. The Hall–Kier alpha value is -1.91. The lowest BCUT2D eigenvalue weighted by Gasteiger charge is -2.21. The van der Waals surface area contributed by atoms with E-state index in [1.807, 2.05) is 25.1 Å². The molecular formula is C17H15Cl2NO3. The summed E-state index contributed by atoms with van der Waals surface area (Å²) < 4.78 is 5.91. The second-order valence-corrected chi connectivity index (χ2v) is 6.44. The van der Waals surface area contributed by atoms with E-state index in [9.17, 15) is 4.79 Å². The van der Waals surface area contributed by atoms with Crippen molar-refractivity contribution in [1.29, 1.82) is 0 Å². The smallest absolute Gasteiger partial charge is 0.409 e. The van der Waals surface area contributed by atoms with Crippen molar-refractivity contribution in [3.63, 3.8) is 0 Å². The molecule has 0 bridgehead atoms. The molecule has 0 spiro atoms. The Morgan fingerprint density at radius 1 is 1.26 bits per heavy atom. The van der Waals surface area contributed by atoms with Gasteiger partial charge >= 0.3 is 6.09 Å². The highest BCUT2D eigenvalue weighted by atomic mass is 35.5. The van der Waals surface area contributed by atoms with Gasteiger partial charge in [0, 0.05) is 35.2 Å². The highest BCUT2D eigenvalue weighted by Gasteiger charge is 2.31. The number of nitrogens with zero attached hydrogens (tertiary/aromatic N) is 1. The molecule has 0 fully saturated rings. The van der Waals surface area contributed by atoms with Crippen LogP contribution >= 0.6 is 23.2 Å². The normalized spacial score (nSPS) is 15.9. The number of carbonyl (C=O) groups is 1. The molecule has 1 aliphatic heterocycles. The predicted molar refractivity (Wildman–Crippen MR) is 90.5 cm³/mol. The molecule has 4 nitrogen and oxygen atoms in total. The van der Waals surface area contributed by atoms with Crippen LogP contribution < -0.4 is 4.74 Å². The van der Waals surface area contributed by atoms with E-state index in [2.05, 4.69) is 0 Å². The van der Waals surface area contributed by atoms with Gasteiger partial charge in [-0.25, -0.2) is 4.79 Å². The molecule has 1 aliphatic rings. The number of carboxylic acid groups (broad SMARTS) is 1. The molecule has 1 atom stereocenters. The zero-order chi connectivity index (χ0) is 16.7. The Bertz CT molecular complexity index is 792. The molecule has 0 aromatic heterocycles. The average molecular weight is 352 g/mol. The molecule has 0 saturated heterocycles. The van der Waals surface area contributed by atoms with E-state index in [1.165, 1.54) is 11.9 Å². The van der Waals surface area contributed by atoms with E-state index in [1.54, 1.807) is 12.1 Å². The van der Waals surface area contributed by atoms with Crippen molar-refractivity contribution in [3.8, 4) is 16.9 Å². The Morgan fingerprint density at radius 2 is 2.00 bits per heavy atom. The number of rotatable bonds is 2. The lowest BCUT2D eigenvalue weighted by Crippen LogP contribution is -2.38. The average Bonchev–Trinajstić information content (AvgIpc) is 2.89. The van der Waals surface area contributed by atoms with Crippen LogP contribution in [0.5, 0.6) is 5.75 Å². The van der Waals surface area contributed by atoms with Crippen LogP contribution in [0.4, 0.5) is 4.79 Å². The van der Waals surface area contributed by atoms with E-state index in [0.717, 1.165) is 22.3 Å². The summed E-state index contributed by atoms with van der Waals surface area (Å²) in [5.74, 6) is 0.679. The molecule has 2 aromatic rings. The standard InChI is InChI=1S/C17H15Cl2NO3/c1-9-5-10-7-15(20(2)17(21)22)23-16(10)13(6-9)12-4-3-11(18)8-14(12)19/h3-6,8,15H,7H2,1-2H3,(H,21,22). The maximum absolute atomic E-state index is 11.2. The van der Waals surface area contributed by atoms with Crippen LogP contribution in [0.3, 0.4) is 0 Å². The Kier molecular flexibility index (Phi) is 4.13. The minimum Gasteiger partial charge on any atom is -0.469 e. The van der Waals surface area contributed by atoms with E-state index in [-0.39, 0.29) is 0 Å². The Balaban J connectivity index is 2.07. The first-order valence-electron chi connectivity index (χ1n) is 7.08. The molecule has 1 unspecified atom stereocenters. The van der Waals surface area contributed by atoms with E-state index in [0.29, 0.717) is 22.2 Å². The third-order valence-corrected chi connectivity index (χ3v) is 4.46. The van der Waals surface area contributed by atoms with Crippen LogP contribution in [0.1, 0.15) is 11.1 Å². The first-order chi connectivity index (χ1) is 10.9.